The molecule has 0 radical (unpaired) electrons. The van der Waals surface area contributed by atoms with Crippen molar-refractivity contribution in [2.75, 3.05) is 6.61 Å². The normalized spacial score (nSPS) is 13.0. The van der Waals surface area contributed by atoms with E-state index in [1.54, 1.807) is 18.0 Å². The molecule has 0 saturated heterocycles. The molecule has 4 nitrogen and oxygen atoms in total. The topological polar surface area (TPSA) is 30.9 Å². The molecule has 1 aliphatic rings. The number of benzene rings is 1. The molecule has 26 heavy (non-hydrogen) atoms. The summed E-state index contributed by atoms with van der Waals surface area (Å²) in [6.07, 6.45) is -3.15. The van der Waals surface area contributed by atoms with E-state index in [1.165, 1.54) is 0 Å². The van der Waals surface area contributed by atoms with Crippen LogP contribution in [0.5, 0.6) is 5.75 Å². The number of para-hydroxylation sites is 2. The number of aromatic nitrogens is 3. The van der Waals surface area contributed by atoms with Gasteiger partial charge in [-0.25, -0.2) is 4.57 Å². The SMILES string of the molecule is FC(F)(F)CCCOc1cc[n+]2c(c1)CSn1c-2nc2ccccc21.[Cl-]. The largest absolute Gasteiger partial charge is 1.00 e. The molecular formula is C17H15ClF3N3OS. The Balaban J connectivity index is 0.00000196. The van der Waals surface area contributed by atoms with Crippen molar-refractivity contribution in [3.05, 3.63) is 48.3 Å². The Morgan fingerprint density at radius 1 is 1.23 bits per heavy atom. The van der Waals surface area contributed by atoms with Crippen molar-refractivity contribution in [3.8, 4) is 11.7 Å². The minimum atomic E-state index is -4.13. The highest BCUT2D eigenvalue weighted by Gasteiger charge is 2.29. The van der Waals surface area contributed by atoms with Crippen molar-refractivity contribution in [2.24, 2.45) is 0 Å². The molecule has 3 heterocycles. The van der Waals surface area contributed by atoms with Crippen molar-refractivity contribution in [1.82, 2.24) is 8.96 Å². The van der Waals surface area contributed by atoms with Gasteiger partial charge < -0.3 is 17.1 Å². The third-order valence-corrected chi connectivity index (χ3v) is 4.98. The van der Waals surface area contributed by atoms with Crippen molar-refractivity contribution in [2.45, 2.75) is 24.8 Å². The van der Waals surface area contributed by atoms with Crippen LogP contribution in [0.25, 0.3) is 17.0 Å². The summed E-state index contributed by atoms with van der Waals surface area (Å²) >= 11 is 1.64. The number of nitrogens with zero attached hydrogens (tertiary/aromatic N) is 3. The summed E-state index contributed by atoms with van der Waals surface area (Å²) in [6, 6.07) is 11.6. The number of rotatable bonds is 4. The predicted molar refractivity (Wildman–Crippen MR) is 88.7 cm³/mol. The van der Waals surface area contributed by atoms with E-state index in [2.05, 4.69) is 8.96 Å². The Hall–Kier alpha value is -1.93. The van der Waals surface area contributed by atoms with Gasteiger partial charge in [-0.1, -0.05) is 17.1 Å². The first-order valence-corrected chi connectivity index (χ1v) is 8.81. The van der Waals surface area contributed by atoms with Crippen molar-refractivity contribution < 1.29 is 34.9 Å². The van der Waals surface area contributed by atoms with Crippen LogP contribution in [0.1, 0.15) is 18.5 Å². The number of hydrogen-bond donors (Lipinski definition) is 0. The Bertz CT molecular complexity index is 929. The number of halogens is 4. The second-order valence-electron chi connectivity index (χ2n) is 5.76. The highest BCUT2D eigenvalue weighted by molar-refractivity contribution is 7.97. The maximum atomic E-state index is 12.2. The monoisotopic (exact) mass is 401 g/mol. The highest BCUT2D eigenvalue weighted by Crippen LogP contribution is 2.29. The third kappa shape index (κ3) is 3.76. The second-order valence-corrected chi connectivity index (χ2v) is 6.67. The van der Waals surface area contributed by atoms with E-state index in [0.29, 0.717) is 5.75 Å². The molecule has 0 atom stereocenters. The maximum Gasteiger partial charge on any atom is 0.415 e. The van der Waals surface area contributed by atoms with Crippen LogP contribution in [0, 0.1) is 0 Å². The average Bonchev–Trinajstić information content (AvgIpc) is 2.96. The number of imidazole rings is 1. The van der Waals surface area contributed by atoms with Crippen LogP contribution in [0.3, 0.4) is 0 Å². The summed E-state index contributed by atoms with van der Waals surface area (Å²) in [5.74, 6) is 2.13. The van der Waals surface area contributed by atoms with Gasteiger partial charge in [-0.05, 0) is 18.6 Å². The van der Waals surface area contributed by atoms with E-state index in [0.717, 1.165) is 28.4 Å². The molecule has 1 aromatic carbocycles. The Kier molecular flexibility index (Phi) is 5.34. The zero-order valence-electron chi connectivity index (χ0n) is 13.5. The zero-order chi connectivity index (χ0) is 17.4. The molecule has 2 aromatic heterocycles. The number of fused-ring (bicyclic) bond motifs is 5. The molecule has 0 spiro atoms. The standard InChI is InChI=1S/C17H15F3N3OS.ClH/c18-17(19,20)7-3-9-24-13-6-8-22-12(10-13)11-25-23-15-5-2-1-4-14(15)21-16(22)23;/h1-2,4-6,8,10H,3,7,9,11H2;1H/q+1;/p-1. The minimum Gasteiger partial charge on any atom is -1.00 e. The van der Waals surface area contributed by atoms with E-state index in [-0.39, 0.29) is 25.4 Å². The number of hydrogen-bond acceptors (Lipinski definition) is 3. The molecule has 0 amide bonds. The van der Waals surface area contributed by atoms with Gasteiger partial charge >= 0.3 is 12.1 Å². The lowest BCUT2D eigenvalue weighted by Crippen LogP contribution is -3.00. The van der Waals surface area contributed by atoms with Crippen LogP contribution >= 0.6 is 11.9 Å². The molecule has 1 aliphatic heterocycles. The van der Waals surface area contributed by atoms with Crippen LogP contribution in [-0.2, 0) is 5.75 Å². The molecule has 0 aliphatic carbocycles. The van der Waals surface area contributed by atoms with E-state index >= 15 is 0 Å². The summed E-state index contributed by atoms with van der Waals surface area (Å²) in [6.45, 7) is 0.0502. The zero-order valence-corrected chi connectivity index (χ0v) is 15.1. The molecule has 138 valence electrons. The Morgan fingerprint density at radius 2 is 2.04 bits per heavy atom. The molecule has 3 aromatic rings. The van der Waals surface area contributed by atoms with Gasteiger partial charge in [0.25, 0.3) is 0 Å². The molecule has 0 unspecified atom stereocenters. The summed E-state index contributed by atoms with van der Waals surface area (Å²) in [5.41, 5.74) is 2.99. The number of alkyl halides is 3. The van der Waals surface area contributed by atoms with Crippen molar-refractivity contribution >= 4 is 23.0 Å². The van der Waals surface area contributed by atoms with E-state index in [4.69, 9.17) is 4.74 Å². The van der Waals surface area contributed by atoms with Gasteiger partial charge in [-0.15, -0.1) is 0 Å². The van der Waals surface area contributed by atoms with Gasteiger partial charge in [0.1, 0.15) is 11.4 Å². The molecule has 0 N–H and O–H groups in total. The van der Waals surface area contributed by atoms with Gasteiger partial charge in [0, 0.05) is 30.5 Å². The van der Waals surface area contributed by atoms with Gasteiger partial charge in [0.15, 0.2) is 11.0 Å². The van der Waals surface area contributed by atoms with Crippen LogP contribution in [-0.4, -0.2) is 21.7 Å². The summed E-state index contributed by atoms with van der Waals surface area (Å²) in [5, 5.41) is 0. The van der Waals surface area contributed by atoms with Gasteiger partial charge in [-0.2, -0.15) is 17.1 Å². The first-order valence-electron chi connectivity index (χ1n) is 7.86. The van der Waals surface area contributed by atoms with E-state index in [1.807, 2.05) is 41.1 Å². The van der Waals surface area contributed by atoms with E-state index in [9.17, 15) is 13.2 Å². The Labute approximate surface area is 158 Å². The lowest BCUT2D eigenvalue weighted by atomic mass is 10.3. The quantitative estimate of drug-likeness (QED) is 0.483. The van der Waals surface area contributed by atoms with Crippen LogP contribution in [0.2, 0.25) is 0 Å². The molecule has 4 rings (SSSR count). The Morgan fingerprint density at radius 3 is 2.85 bits per heavy atom. The summed E-state index contributed by atoms with van der Waals surface area (Å²) in [7, 11) is 0. The molecule has 0 saturated carbocycles. The fourth-order valence-corrected chi connectivity index (χ4v) is 3.81. The fourth-order valence-electron chi connectivity index (χ4n) is 2.79. The first kappa shape index (κ1) is 18.8. The first-order chi connectivity index (χ1) is 12.0. The van der Waals surface area contributed by atoms with Crippen LogP contribution in [0.15, 0.2) is 42.6 Å². The minimum absolute atomic E-state index is 0. The van der Waals surface area contributed by atoms with Crippen molar-refractivity contribution in [1.29, 1.82) is 0 Å². The number of ether oxygens (including phenoxy) is 1. The highest BCUT2D eigenvalue weighted by atomic mass is 35.5. The van der Waals surface area contributed by atoms with Gasteiger partial charge in [0.05, 0.1) is 18.6 Å². The smallest absolute Gasteiger partial charge is 0.415 e. The van der Waals surface area contributed by atoms with Crippen LogP contribution in [0.4, 0.5) is 13.2 Å². The predicted octanol–water partition coefficient (Wildman–Crippen LogP) is 1.05. The average molecular weight is 402 g/mol. The number of pyridine rings is 1. The van der Waals surface area contributed by atoms with Gasteiger partial charge in [0.2, 0.25) is 0 Å². The van der Waals surface area contributed by atoms with Crippen molar-refractivity contribution in [3.63, 3.8) is 0 Å². The fraction of sp³-hybridized carbons (Fsp3) is 0.294. The van der Waals surface area contributed by atoms with E-state index < -0.39 is 12.6 Å². The van der Waals surface area contributed by atoms with Crippen LogP contribution < -0.4 is 21.7 Å². The molecule has 0 bridgehead atoms. The lowest BCUT2D eigenvalue weighted by Gasteiger charge is -2.14. The summed E-state index contributed by atoms with van der Waals surface area (Å²) < 4.78 is 46.0. The molecule has 0 fully saturated rings. The summed E-state index contributed by atoms with van der Waals surface area (Å²) in [4.78, 5) is 4.67. The maximum absolute atomic E-state index is 12.2. The lowest BCUT2D eigenvalue weighted by molar-refractivity contribution is -0.612. The molecule has 9 heteroatoms. The third-order valence-electron chi connectivity index (χ3n) is 3.94. The second kappa shape index (κ2) is 7.36. The molecular weight excluding hydrogens is 387 g/mol. The van der Waals surface area contributed by atoms with Gasteiger partial charge in [-0.3, -0.25) is 0 Å².